The molecule has 1 aromatic heterocycles. The van der Waals surface area contributed by atoms with E-state index in [1.54, 1.807) is 43.8 Å². The van der Waals surface area contributed by atoms with Crippen molar-refractivity contribution in [3.63, 3.8) is 0 Å². The van der Waals surface area contributed by atoms with Gasteiger partial charge in [-0.25, -0.2) is 14.4 Å². The molecule has 158 valence electrons. The van der Waals surface area contributed by atoms with E-state index in [2.05, 4.69) is 14.9 Å². The summed E-state index contributed by atoms with van der Waals surface area (Å²) in [6.07, 6.45) is 5.23. The maximum atomic E-state index is 13.5. The zero-order chi connectivity index (χ0) is 21.6. The highest BCUT2D eigenvalue weighted by molar-refractivity contribution is 6.24. The molecule has 3 aromatic rings. The fraction of sp³-hybridized carbons (Fsp3) is 0.208. The summed E-state index contributed by atoms with van der Waals surface area (Å²) < 4.78 is 18.9. The number of halogens is 1. The maximum absolute atomic E-state index is 13.5. The number of carbonyl (C=O) groups is 1. The number of anilines is 1. The van der Waals surface area contributed by atoms with Crippen LogP contribution in [0.4, 0.5) is 10.3 Å². The molecule has 0 bridgehead atoms. The van der Waals surface area contributed by atoms with Gasteiger partial charge in [0.2, 0.25) is 5.95 Å². The molecule has 2 heterocycles. The van der Waals surface area contributed by atoms with Crippen molar-refractivity contribution >= 4 is 23.5 Å². The van der Waals surface area contributed by atoms with Gasteiger partial charge < -0.3 is 14.5 Å². The Morgan fingerprint density at radius 2 is 1.65 bits per heavy atom. The lowest BCUT2D eigenvalue weighted by Gasteiger charge is -2.35. The number of para-hydroxylation sites is 1. The summed E-state index contributed by atoms with van der Waals surface area (Å²) in [7, 11) is 1.59. The number of aromatic nitrogens is 2. The Balaban J connectivity index is 1.60. The first-order chi connectivity index (χ1) is 15.2. The molecule has 6 nitrogen and oxygen atoms in total. The summed E-state index contributed by atoms with van der Waals surface area (Å²) in [5, 5.41) is 0. The molecule has 0 saturated carbocycles. The molecule has 0 aliphatic carbocycles. The Hall–Kier alpha value is -3.74. The van der Waals surface area contributed by atoms with Gasteiger partial charge in [-0.15, -0.1) is 0 Å². The van der Waals surface area contributed by atoms with E-state index in [-0.39, 0.29) is 11.7 Å². The molecule has 1 saturated heterocycles. The van der Waals surface area contributed by atoms with E-state index in [0.29, 0.717) is 49.0 Å². The molecular weight excluding hydrogens is 395 g/mol. The maximum Gasteiger partial charge on any atom is 0.254 e. The smallest absolute Gasteiger partial charge is 0.254 e. The molecule has 0 radical (unpaired) electrons. The third-order valence-electron chi connectivity index (χ3n) is 5.23. The largest absolute Gasteiger partial charge is 0.496 e. The zero-order valence-corrected chi connectivity index (χ0v) is 17.2. The first-order valence-corrected chi connectivity index (χ1v) is 10.1. The van der Waals surface area contributed by atoms with Gasteiger partial charge in [-0.05, 0) is 35.9 Å². The van der Waals surface area contributed by atoms with Crippen LogP contribution in [0.25, 0.3) is 11.6 Å². The molecule has 4 rings (SSSR count). The summed E-state index contributed by atoms with van der Waals surface area (Å²) in [6.45, 7) is 2.37. The lowest BCUT2D eigenvalue weighted by Crippen LogP contribution is -2.49. The van der Waals surface area contributed by atoms with Gasteiger partial charge in [-0.3, -0.25) is 4.79 Å². The topological polar surface area (TPSA) is 58.6 Å². The lowest BCUT2D eigenvalue weighted by atomic mass is 10.0. The number of hydrogen-bond acceptors (Lipinski definition) is 5. The van der Waals surface area contributed by atoms with Crippen LogP contribution < -0.4 is 9.64 Å². The number of benzene rings is 2. The van der Waals surface area contributed by atoms with Crippen LogP contribution in [-0.4, -0.2) is 54.1 Å². The molecule has 31 heavy (non-hydrogen) atoms. The fourth-order valence-corrected chi connectivity index (χ4v) is 3.57. The molecule has 0 spiro atoms. The average Bonchev–Trinajstić information content (AvgIpc) is 2.84. The van der Waals surface area contributed by atoms with E-state index < -0.39 is 0 Å². The molecule has 1 fully saturated rings. The third-order valence-corrected chi connectivity index (χ3v) is 5.23. The Bertz CT molecular complexity index is 1060. The fourth-order valence-electron chi connectivity index (χ4n) is 3.57. The van der Waals surface area contributed by atoms with Crippen LogP contribution in [0.1, 0.15) is 11.1 Å². The van der Waals surface area contributed by atoms with E-state index in [1.165, 1.54) is 12.1 Å². The van der Waals surface area contributed by atoms with E-state index in [0.717, 1.165) is 5.56 Å². The van der Waals surface area contributed by atoms with E-state index in [1.807, 2.05) is 29.2 Å². The van der Waals surface area contributed by atoms with Gasteiger partial charge in [0.15, 0.2) is 0 Å². The molecule has 0 atom stereocenters. The van der Waals surface area contributed by atoms with E-state index in [9.17, 15) is 9.18 Å². The number of hydrogen-bond donors (Lipinski definition) is 0. The molecule has 7 heteroatoms. The predicted molar refractivity (Wildman–Crippen MR) is 118 cm³/mol. The predicted octanol–water partition coefficient (Wildman–Crippen LogP) is 3.51. The van der Waals surface area contributed by atoms with Crippen molar-refractivity contribution in [2.75, 3.05) is 38.2 Å². The minimum atomic E-state index is -0.343. The molecule has 0 unspecified atom stereocenters. The van der Waals surface area contributed by atoms with E-state index >= 15 is 0 Å². The Labute approximate surface area is 180 Å². The Kier molecular flexibility index (Phi) is 6.21. The number of methoxy groups -OCH3 is 1. The van der Waals surface area contributed by atoms with Gasteiger partial charge in [0.05, 0.1) is 7.11 Å². The van der Waals surface area contributed by atoms with Crippen LogP contribution in [0, 0.1) is 5.82 Å². The highest BCUT2D eigenvalue weighted by Gasteiger charge is 2.25. The second kappa shape index (κ2) is 9.38. The molecular formula is C24H23FN4O2. The van der Waals surface area contributed by atoms with Gasteiger partial charge in [0, 0.05) is 49.7 Å². The number of amides is 1. The molecule has 1 aliphatic heterocycles. The van der Waals surface area contributed by atoms with Crippen molar-refractivity contribution in [3.05, 3.63) is 83.9 Å². The molecule has 1 amide bonds. The summed E-state index contributed by atoms with van der Waals surface area (Å²) in [5.74, 6) is 0.884. The third kappa shape index (κ3) is 4.71. The number of nitrogens with zero attached hydrogens (tertiary/aromatic N) is 4. The lowest BCUT2D eigenvalue weighted by molar-refractivity contribution is -0.125. The molecule has 0 N–H and O–H groups in total. The van der Waals surface area contributed by atoms with Crippen molar-refractivity contribution in [1.82, 2.24) is 14.9 Å². The van der Waals surface area contributed by atoms with Crippen molar-refractivity contribution in [2.24, 2.45) is 0 Å². The summed E-state index contributed by atoms with van der Waals surface area (Å²) in [5.41, 5.74) is 1.94. The minimum Gasteiger partial charge on any atom is -0.496 e. The molecule has 1 aliphatic rings. The van der Waals surface area contributed by atoms with E-state index in [4.69, 9.17) is 4.74 Å². The summed E-state index contributed by atoms with van der Waals surface area (Å²) in [4.78, 5) is 26.0. The normalized spacial score (nSPS) is 14.5. The number of carbonyl (C=O) groups excluding carboxylic acids is 1. The van der Waals surface area contributed by atoms with Crippen LogP contribution >= 0.6 is 0 Å². The first-order valence-electron chi connectivity index (χ1n) is 10.1. The van der Waals surface area contributed by atoms with Crippen LogP contribution in [0.15, 0.2) is 67.0 Å². The summed E-state index contributed by atoms with van der Waals surface area (Å²) in [6, 6.07) is 15.3. The van der Waals surface area contributed by atoms with Crippen molar-refractivity contribution in [2.45, 2.75) is 0 Å². The van der Waals surface area contributed by atoms with Crippen LogP contribution in [0.3, 0.4) is 0 Å². The van der Waals surface area contributed by atoms with Gasteiger partial charge in [-0.1, -0.05) is 30.3 Å². The van der Waals surface area contributed by atoms with Crippen LogP contribution in [0.5, 0.6) is 5.75 Å². The van der Waals surface area contributed by atoms with Gasteiger partial charge >= 0.3 is 0 Å². The zero-order valence-electron chi connectivity index (χ0n) is 17.2. The highest BCUT2D eigenvalue weighted by Crippen LogP contribution is 2.27. The Morgan fingerprint density at radius 3 is 2.32 bits per heavy atom. The van der Waals surface area contributed by atoms with Crippen LogP contribution in [0.2, 0.25) is 0 Å². The second-order valence-electron chi connectivity index (χ2n) is 7.13. The average molecular weight is 418 g/mol. The molecule has 2 aromatic carbocycles. The van der Waals surface area contributed by atoms with Crippen LogP contribution in [-0.2, 0) is 4.79 Å². The number of rotatable bonds is 5. The monoisotopic (exact) mass is 418 g/mol. The van der Waals surface area contributed by atoms with Gasteiger partial charge in [-0.2, -0.15) is 0 Å². The summed E-state index contributed by atoms with van der Waals surface area (Å²) >= 11 is 0. The standard InChI is InChI=1S/C24H23FN4O2/c1-31-22-6-3-2-5-19(22)17-21(18-7-9-20(25)10-8-18)23(30)28-13-15-29(16-14-28)24-26-11-4-12-27-24/h2-12,17H,13-16H2,1H3/b21-17+. The quantitative estimate of drug-likeness (QED) is 0.469. The number of ether oxygens (including phenoxy) is 1. The van der Waals surface area contributed by atoms with Crippen molar-refractivity contribution in [3.8, 4) is 5.75 Å². The minimum absolute atomic E-state index is 0.105. The second-order valence-corrected chi connectivity index (χ2v) is 7.13. The van der Waals surface area contributed by atoms with Crippen molar-refractivity contribution in [1.29, 1.82) is 0 Å². The Morgan fingerprint density at radius 1 is 0.968 bits per heavy atom. The van der Waals surface area contributed by atoms with Gasteiger partial charge in [0.1, 0.15) is 11.6 Å². The van der Waals surface area contributed by atoms with Gasteiger partial charge in [0.25, 0.3) is 5.91 Å². The van der Waals surface area contributed by atoms with Crippen molar-refractivity contribution < 1.29 is 13.9 Å². The SMILES string of the molecule is COc1ccccc1/C=C(/C(=O)N1CCN(c2ncccn2)CC1)c1ccc(F)cc1. The number of piperazine rings is 1. The highest BCUT2D eigenvalue weighted by atomic mass is 19.1. The first kappa shape index (κ1) is 20.5.